The number of ether oxygens (including phenoxy) is 1. The molecular formula is C20H33O. The van der Waals surface area contributed by atoms with Crippen LogP contribution in [0.2, 0.25) is 0 Å². The molecule has 0 saturated heterocycles. The highest BCUT2D eigenvalue weighted by Gasteiger charge is 1.99. The van der Waals surface area contributed by atoms with Gasteiger partial charge in [0, 0.05) is 6.07 Å². The molecule has 0 unspecified atom stereocenters. The average Bonchev–Trinajstić information content (AvgIpc) is 2.51. The quantitative estimate of drug-likeness (QED) is 0.384. The van der Waals surface area contributed by atoms with Crippen LogP contribution in [-0.2, 0) is 6.42 Å². The van der Waals surface area contributed by atoms with Gasteiger partial charge >= 0.3 is 0 Å². The van der Waals surface area contributed by atoms with Crippen LogP contribution in [0.4, 0.5) is 0 Å². The summed E-state index contributed by atoms with van der Waals surface area (Å²) >= 11 is 0. The summed E-state index contributed by atoms with van der Waals surface area (Å²) in [5, 5.41) is 0. The number of hydrogen-bond donors (Lipinski definition) is 0. The molecule has 0 amide bonds. The Morgan fingerprint density at radius 2 is 1.48 bits per heavy atom. The van der Waals surface area contributed by atoms with Crippen molar-refractivity contribution in [2.75, 3.05) is 6.61 Å². The number of aryl methyl sites for hydroxylation is 1. The van der Waals surface area contributed by atoms with Gasteiger partial charge in [0.15, 0.2) is 0 Å². The van der Waals surface area contributed by atoms with Crippen molar-refractivity contribution in [1.82, 2.24) is 0 Å². The van der Waals surface area contributed by atoms with E-state index in [2.05, 4.69) is 32.0 Å². The van der Waals surface area contributed by atoms with Crippen molar-refractivity contribution in [3.63, 3.8) is 0 Å². The minimum Gasteiger partial charge on any atom is -0.493 e. The second kappa shape index (κ2) is 12.7. The Morgan fingerprint density at radius 3 is 2.19 bits per heavy atom. The highest BCUT2D eigenvalue weighted by Crippen LogP contribution is 2.16. The van der Waals surface area contributed by atoms with Crippen LogP contribution < -0.4 is 4.74 Å². The lowest BCUT2D eigenvalue weighted by Gasteiger charge is -2.07. The predicted molar refractivity (Wildman–Crippen MR) is 92.0 cm³/mol. The van der Waals surface area contributed by atoms with Crippen molar-refractivity contribution in [3.8, 4) is 5.75 Å². The molecule has 0 fully saturated rings. The molecule has 1 rings (SSSR count). The highest BCUT2D eigenvalue weighted by molar-refractivity contribution is 5.26. The zero-order chi connectivity index (χ0) is 15.2. The maximum absolute atomic E-state index is 5.71. The first-order valence-electron chi connectivity index (χ1n) is 9.00. The maximum Gasteiger partial charge on any atom is 0.127 e. The van der Waals surface area contributed by atoms with Gasteiger partial charge in [0.1, 0.15) is 5.75 Å². The van der Waals surface area contributed by atoms with Gasteiger partial charge in [-0.05, 0) is 30.9 Å². The molecule has 1 heteroatoms. The molecule has 1 nitrogen and oxygen atoms in total. The van der Waals surface area contributed by atoms with Gasteiger partial charge in [-0.25, -0.2) is 0 Å². The first kappa shape index (κ1) is 18.1. The molecule has 0 atom stereocenters. The first-order chi connectivity index (χ1) is 10.4. The van der Waals surface area contributed by atoms with E-state index in [0.717, 1.165) is 25.2 Å². The van der Waals surface area contributed by atoms with Crippen LogP contribution in [0.3, 0.4) is 0 Å². The van der Waals surface area contributed by atoms with E-state index in [9.17, 15) is 0 Å². The molecule has 0 aromatic heterocycles. The summed E-state index contributed by atoms with van der Waals surface area (Å²) in [6.45, 7) is 5.27. The Bertz CT molecular complexity index is 345. The lowest BCUT2D eigenvalue weighted by atomic mass is 10.0. The SMILES string of the molecule is CCCCCCCCCCc1[c]c(OCCCC)ccc1. The number of rotatable bonds is 13. The molecular weight excluding hydrogens is 256 g/mol. The Morgan fingerprint density at radius 1 is 0.810 bits per heavy atom. The lowest BCUT2D eigenvalue weighted by Crippen LogP contribution is -1.97. The first-order valence-corrected chi connectivity index (χ1v) is 9.00. The minimum atomic E-state index is 0.814. The topological polar surface area (TPSA) is 9.23 Å². The van der Waals surface area contributed by atoms with E-state index in [1.54, 1.807) is 0 Å². The van der Waals surface area contributed by atoms with E-state index in [0.29, 0.717) is 0 Å². The fourth-order valence-electron chi connectivity index (χ4n) is 2.50. The van der Waals surface area contributed by atoms with Crippen molar-refractivity contribution < 1.29 is 4.74 Å². The van der Waals surface area contributed by atoms with Crippen LogP contribution in [0.15, 0.2) is 18.2 Å². The third kappa shape index (κ3) is 9.55. The number of unbranched alkanes of at least 4 members (excludes halogenated alkanes) is 8. The van der Waals surface area contributed by atoms with Gasteiger partial charge in [-0.1, -0.05) is 77.3 Å². The van der Waals surface area contributed by atoms with Crippen molar-refractivity contribution in [2.45, 2.75) is 84.5 Å². The van der Waals surface area contributed by atoms with Gasteiger partial charge in [-0.3, -0.25) is 0 Å². The number of hydrogen-bond acceptors (Lipinski definition) is 1. The fraction of sp³-hybridized carbons (Fsp3) is 0.700. The third-order valence-electron chi connectivity index (χ3n) is 3.88. The summed E-state index contributed by atoms with van der Waals surface area (Å²) in [6.07, 6.45) is 14.4. The van der Waals surface area contributed by atoms with Crippen LogP contribution in [0.25, 0.3) is 0 Å². The van der Waals surface area contributed by atoms with E-state index >= 15 is 0 Å². The van der Waals surface area contributed by atoms with Crippen LogP contribution in [0, 0.1) is 6.07 Å². The van der Waals surface area contributed by atoms with Gasteiger partial charge in [-0.2, -0.15) is 0 Å². The molecule has 0 heterocycles. The van der Waals surface area contributed by atoms with Gasteiger partial charge in [0.2, 0.25) is 0 Å². The summed E-state index contributed by atoms with van der Waals surface area (Å²) in [4.78, 5) is 0. The Kier molecular flexibility index (Phi) is 11.0. The largest absolute Gasteiger partial charge is 0.493 e. The minimum absolute atomic E-state index is 0.814. The average molecular weight is 289 g/mol. The monoisotopic (exact) mass is 289 g/mol. The molecule has 0 spiro atoms. The summed E-state index contributed by atoms with van der Waals surface area (Å²) in [6, 6.07) is 9.69. The highest BCUT2D eigenvalue weighted by atomic mass is 16.5. The predicted octanol–water partition coefficient (Wildman–Crippen LogP) is 6.35. The van der Waals surface area contributed by atoms with E-state index in [1.807, 2.05) is 6.07 Å². The molecule has 119 valence electrons. The molecule has 1 radical (unpaired) electrons. The molecule has 1 aromatic carbocycles. The van der Waals surface area contributed by atoms with Gasteiger partial charge in [-0.15, -0.1) is 0 Å². The molecule has 0 saturated carbocycles. The Hall–Kier alpha value is -0.980. The van der Waals surface area contributed by atoms with Crippen LogP contribution in [-0.4, -0.2) is 6.61 Å². The second-order valence-electron chi connectivity index (χ2n) is 5.97. The van der Waals surface area contributed by atoms with Crippen LogP contribution >= 0.6 is 0 Å². The zero-order valence-electron chi connectivity index (χ0n) is 14.1. The van der Waals surface area contributed by atoms with E-state index in [4.69, 9.17) is 4.74 Å². The lowest BCUT2D eigenvalue weighted by molar-refractivity contribution is 0.308. The van der Waals surface area contributed by atoms with E-state index in [-0.39, 0.29) is 0 Å². The third-order valence-corrected chi connectivity index (χ3v) is 3.88. The van der Waals surface area contributed by atoms with Crippen molar-refractivity contribution >= 4 is 0 Å². The van der Waals surface area contributed by atoms with Gasteiger partial charge in [0.25, 0.3) is 0 Å². The van der Waals surface area contributed by atoms with Gasteiger partial charge in [0.05, 0.1) is 6.61 Å². The molecule has 0 aliphatic heterocycles. The van der Waals surface area contributed by atoms with Gasteiger partial charge < -0.3 is 4.74 Å². The van der Waals surface area contributed by atoms with E-state index < -0.39 is 0 Å². The molecule has 0 N–H and O–H groups in total. The summed E-state index contributed by atoms with van der Waals surface area (Å²) in [7, 11) is 0. The molecule has 0 aliphatic rings. The molecule has 21 heavy (non-hydrogen) atoms. The number of benzene rings is 1. The Labute approximate surface area is 132 Å². The standard InChI is InChI=1S/C20H33O/c1-3-5-7-8-9-10-11-12-14-19-15-13-16-20(18-19)21-17-6-4-2/h13,15-16H,3-12,14,17H2,1-2H3. The molecule has 0 bridgehead atoms. The zero-order valence-corrected chi connectivity index (χ0v) is 14.1. The molecule has 0 aliphatic carbocycles. The molecule has 1 aromatic rings. The Balaban J connectivity index is 2.10. The van der Waals surface area contributed by atoms with Crippen LogP contribution in [0.5, 0.6) is 5.75 Å². The normalized spacial score (nSPS) is 10.8. The van der Waals surface area contributed by atoms with Crippen molar-refractivity contribution in [1.29, 1.82) is 0 Å². The van der Waals surface area contributed by atoms with Crippen molar-refractivity contribution in [2.24, 2.45) is 0 Å². The smallest absolute Gasteiger partial charge is 0.127 e. The summed E-state index contributed by atoms with van der Waals surface area (Å²) in [5.74, 6) is 0.917. The maximum atomic E-state index is 5.71. The van der Waals surface area contributed by atoms with Crippen molar-refractivity contribution in [3.05, 3.63) is 29.8 Å². The fourth-order valence-corrected chi connectivity index (χ4v) is 2.50. The van der Waals surface area contributed by atoms with E-state index in [1.165, 1.54) is 63.4 Å². The second-order valence-corrected chi connectivity index (χ2v) is 5.97. The summed E-state index contributed by atoms with van der Waals surface area (Å²) in [5.41, 5.74) is 1.30. The summed E-state index contributed by atoms with van der Waals surface area (Å²) < 4.78 is 5.71. The van der Waals surface area contributed by atoms with Crippen LogP contribution in [0.1, 0.15) is 83.6 Å².